The highest BCUT2D eigenvalue weighted by molar-refractivity contribution is 5.82. The molecule has 0 saturated carbocycles. The Labute approximate surface area is 96.4 Å². The third-order valence-corrected chi connectivity index (χ3v) is 2.11. The van der Waals surface area contributed by atoms with Gasteiger partial charge < -0.3 is 14.7 Å². The van der Waals surface area contributed by atoms with Crippen LogP contribution in [0.5, 0.6) is 0 Å². The van der Waals surface area contributed by atoms with Gasteiger partial charge in [-0.15, -0.1) is 0 Å². The molecule has 0 atom stereocenters. The number of methoxy groups -OCH3 is 1. The fourth-order valence-corrected chi connectivity index (χ4v) is 1.24. The SMILES string of the molecule is COC(=O)CCN(CCO)C(=O)C(C)(C)C. The summed E-state index contributed by atoms with van der Waals surface area (Å²) in [6.45, 7) is 5.83. The van der Waals surface area contributed by atoms with E-state index in [4.69, 9.17) is 5.11 Å². The second kappa shape index (κ2) is 6.48. The molecule has 5 nitrogen and oxygen atoms in total. The van der Waals surface area contributed by atoms with E-state index in [2.05, 4.69) is 4.74 Å². The van der Waals surface area contributed by atoms with Gasteiger partial charge in [-0.3, -0.25) is 9.59 Å². The molecule has 0 radical (unpaired) electrons. The van der Waals surface area contributed by atoms with E-state index in [0.29, 0.717) is 0 Å². The summed E-state index contributed by atoms with van der Waals surface area (Å²) in [6.07, 6.45) is 0.151. The Bertz CT molecular complexity index is 245. The molecule has 0 unspecified atom stereocenters. The first-order valence-corrected chi connectivity index (χ1v) is 5.30. The zero-order valence-corrected chi connectivity index (χ0v) is 10.4. The molecule has 0 aliphatic carbocycles. The van der Waals surface area contributed by atoms with E-state index in [1.54, 1.807) is 20.8 Å². The number of aliphatic hydroxyl groups is 1. The Hall–Kier alpha value is -1.10. The predicted octanol–water partition coefficient (Wildman–Crippen LogP) is 0.416. The smallest absolute Gasteiger partial charge is 0.307 e. The first-order chi connectivity index (χ1) is 7.32. The summed E-state index contributed by atoms with van der Waals surface area (Å²) < 4.78 is 4.50. The highest BCUT2D eigenvalue weighted by Crippen LogP contribution is 2.17. The lowest BCUT2D eigenvalue weighted by atomic mass is 9.94. The van der Waals surface area contributed by atoms with E-state index in [0.717, 1.165) is 0 Å². The van der Waals surface area contributed by atoms with Gasteiger partial charge in [0.05, 0.1) is 20.1 Å². The molecule has 0 aromatic rings. The lowest BCUT2D eigenvalue weighted by Crippen LogP contribution is -2.42. The second-order valence-corrected chi connectivity index (χ2v) is 4.59. The molecular weight excluding hydrogens is 210 g/mol. The molecule has 1 N–H and O–H groups in total. The number of hydrogen-bond acceptors (Lipinski definition) is 4. The van der Waals surface area contributed by atoms with Gasteiger partial charge in [0, 0.05) is 18.5 Å². The summed E-state index contributed by atoms with van der Waals surface area (Å²) in [4.78, 5) is 24.4. The second-order valence-electron chi connectivity index (χ2n) is 4.59. The molecule has 0 aliphatic rings. The molecule has 0 rings (SSSR count). The molecule has 1 amide bonds. The van der Waals surface area contributed by atoms with E-state index >= 15 is 0 Å². The van der Waals surface area contributed by atoms with Crippen molar-refractivity contribution in [1.82, 2.24) is 4.90 Å². The van der Waals surface area contributed by atoms with Crippen LogP contribution in [0.3, 0.4) is 0 Å². The Kier molecular flexibility index (Phi) is 6.03. The van der Waals surface area contributed by atoms with E-state index in [-0.39, 0.29) is 38.0 Å². The van der Waals surface area contributed by atoms with Crippen LogP contribution in [0.4, 0.5) is 0 Å². The van der Waals surface area contributed by atoms with Crippen LogP contribution in [-0.4, -0.2) is 48.7 Å². The number of nitrogens with zero attached hydrogens (tertiary/aromatic N) is 1. The van der Waals surface area contributed by atoms with Crippen LogP contribution in [0.1, 0.15) is 27.2 Å². The van der Waals surface area contributed by atoms with Crippen LogP contribution >= 0.6 is 0 Å². The summed E-state index contributed by atoms with van der Waals surface area (Å²) in [5.74, 6) is -0.435. The number of aliphatic hydroxyl groups excluding tert-OH is 1. The van der Waals surface area contributed by atoms with Crippen molar-refractivity contribution in [2.45, 2.75) is 27.2 Å². The number of carbonyl (C=O) groups is 2. The third-order valence-electron chi connectivity index (χ3n) is 2.11. The van der Waals surface area contributed by atoms with Crippen molar-refractivity contribution in [2.24, 2.45) is 5.41 Å². The average Bonchev–Trinajstić information content (AvgIpc) is 2.21. The highest BCUT2D eigenvalue weighted by Gasteiger charge is 2.27. The molecule has 0 fully saturated rings. The van der Waals surface area contributed by atoms with Crippen LogP contribution in [0.25, 0.3) is 0 Å². The molecule has 0 bridgehead atoms. The van der Waals surface area contributed by atoms with Gasteiger partial charge in [-0.05, 0) is 0 Å². The van der Waals surface area contributed by atoms with Crippen LogP contribution in [0, 0.1) is 5.41 Å². The summed E-state index contributed by atoms with van der Waals surface area (Å²) in [6, 6.07) is 0. The summed E-state index contributed by atoms with van der Waals surface area (Å²) >= 11 is 0. The van der Waals surface area contributed by atoms with Crippen molar-refractivity contribution in [3.05, 3.63) is 0 Å². The molecule has 0 aromatic heterocycles. The summed E-state index contributed by atoms with van der Waals surface area (Å²) in [5.41, 5.74) is -0.509. The number of esters is 1. The Morgan fingerprint density at radius 3 is 2.19 bits per heavy atom. The zero-order chi connectivity index (χ0) is 12.8. The molecule has 0 aliphatic heterocycles. The predicted molar refractivity (Wildman–Crippen MR) is 59.8 cm³/mol. The summed E-state index contributed by atoms with van der Waals surface area (Å²) in [5, 5.41) is 8.86. The molecule has 16 heavy (non-hydrogen) atoms. The molecule has 0 saturated heterocycles. The van der Waals surface area contributed by atoms with Crippen LogP contribution in [-0.2, 0) is 14.3 Å². The van der Waals surface area contributed by atoms with Crippen molar-refractivity contribution in [3.63, 3.8) is 0 Å². The Balaban J connectivity index is 4.38. The maximum Gasteiger partial charge on any atom is 0.307 e. The maximum absolute atomic E-state index is 11.9. The normalized spacial score (nSPS) is 11.1. The van der Waals surface area contributed by atoms with E-state index in [1.165, 1.54) is 12.0 Å². The van der Waals surface area contributed by atoms with Crippen molar-refractivity contribution < 1.29 is 19.4 Å². The highest BCUT2D eigenvalue weighted by atomic mass is 16.5. The van der Waals surface area contributed by atoms with Crippen molar-refractivity contribution in [1.29, 1.82) is 0 Å². The molecular formula is C11H21NO4. The van der Waals surface area contributed by atoms with Crippen LogP contribution < -0.4 is 0 Å². The minimum absolute atomic E-state index is 0.0783. The van der Waals surface area contributed by atoms with Gasteiger partial charge in [-0.25, -0.2) is 0 Å². The van der Waals surface area contributed by atoms with Gasteiger partial charge in [-0.1, -0.05) is 20.8 Å². The van der Waals surface area contributed by atoms with Crippen molar-refractivity contribution in [2.75, 3.05) is 26.8 Å². The number of amides is 1. The van der Waals surface area contributed by atoms with Crippen molar-refractivity contribution >= 4 is 11.9 Å². The first kappa shape index (κ1) is 14.9. The monoisotopic (exact) mass is 231 g/mol. The number of hydrogen-bond donors (Lipinski definition) is 1. The minimum atomic E-state index is -0.509. The zero-order valence-electron chi connectivity index (χ0n) is 10.4. The largest absolute Gasteiger partial charge is 0.469 e. The average molecular weight is 231 g/mol. The van der Waals surface area contributed by atoms with E-state index < -0.39 is 5.41 Å². The van der Waals surface area contributed by atoms with Gasteiger partial charge in [0.25, 0.3) is 0 Å². The quantitative estimate of drug-likeness (QED) is 0.696. The fraction of sp³-hybridized carbons (Fsp3) is 0.818. The van der Waals surface area contributed by atoms with Gasteiger partial charge in [0.2, 0.25) is 5.91 Å². The molecule has 0 spiro atoms. The summed E-state index contributed by atoms with van der Waals surface area (Å²) in [7, 11) is 1.31. The van der Waals surface area contributed by atoms with Crippen molar-refractivity contribution in [3.8, 4) is 0 Å². The fourth-order valence-electron chi connectivity index (χ4n) is 1.24. The lowest BCUT2D eigenvalue weighted by molar-refractivity contribution is -0.144. The standard InChI is InChI=1S/C11H21NO4/c1-11(2,3)10(15)12(7-8-13)6-5-9(14)16-4/h13H,5-8H2,1-4H3. The minimum Gasteiger partial charge on any atom is -0.469 e. The van der Waals surface area contributed by atoms with Crippen LogP contribution in [0.15, 0.2) is 0 Å². The van der Waals surface area contributed by atoms with E-state index in [9.17, 15) is 9.59 Å². The van der Waals surface area contributed by atoms with Crippen LogP contribution in [0.2, 0.25) is 0 Å². The third kappa shape index (κ3) is 5.11. The topological polar surface area (TPSA) is 66.8 Å². The van der Waals surface area contributed by atoms with Gasteiger partial charge in [0.1, 0.15) is 0 Å². The van der Waals surface area contributed by atoms with E-state index in [1.807, 2.05) is 0 Å². The molecule has 94 valence electrons. The first-order valence-electron chi connectivity index (χ1n) is 5.30. The number of rotatable bonds is 5. The molecule has 5 heteroatoms. The Morgan fingerprint density at radius 2 is 1.81 bits per heavy atom. The van der Waals surface area contributed by atoms with Gasteiger partial charge in [0.15, 0.2) is 0 Å². The van der Waals surface area contributed by atoms with Gasteiger partial charge in [-0.2, -0.15) is 0 Å². The number of carbonyl (C=O) groups excluding carboxylic acids is 2. The lowest BCUT2D eigenvalue weighted by Gasteiger charge is -2.28. The molecule has 0 aromatic carbocycles. The number of ether oxygens (including phenoxy) is 1. The van der Waals surface area contributed by atoms with Gasteiger partial charge >= 0.3 is 5.97 Å². The maximum atomic E-state index is 11.9. The molecule has 0 heterocycles. The Morgan fingerprint density at radius 1 is 1.25 bits per heavy atom.